The number of aromatic nitrogens is 2. The summed E-state index contributed by atoms with van der Waals surface area (Å²) in [4.78, 5) is 16.0. The van der Waals surface area contributed by atoms with Crippen molar-refractivity contribution >= 4 is 17.5 Å². The Labute approximate surface area is 111 Å². The van der Waals surface area contributed by atoms with Gasteiger partial charge in [-0.25, -0.2) is 0 Å². The van der Waals surface area contributed by atoms with Gasteiger partial charge in [-0.1, -0.05) is 11.6 Å². The number of rotatable bonds is 2. The third kappa shape index (κ3) is 2.60. The van der Waals surface area contributed by atoms with Crippen molar-refractivity contribution < 1.29 is 9.32 Å². The Kier molecular flexibility index (Phi) is 3.68. The Hall–Kier alpha value is -0.840. The molecule has 3 rings (SSSR count). The largest absolute Gasteiger partial charge is 0.339 e. The highest BCUT2D eigenvalue weighted by Gasteiger charge is 2.28. The topological polar surface area (TPSA) is 56.0 Å². The highest BCUT2D eigenvalue weighted by molar-refractivity contribution is 7.99. The van der Waals surface area contributed by atoms with Gasteiger partial charge >= 0.3 is 0 Å². The molecule has 2 unspecified atom stereocenters. The van der Waals surface area contributed by atoms with Crippen LogP contribution in [0.4, 0.5) is 0 Å². The van der Waals surface area contributed by atoms with E-state index in [4.69, 9.17) is 4.52 Å². The maximum Gasteiger partial charge on any atom is 0.230 e. The molecule has 0 N–H and O–H groups in total. The molecule has 0 aromatic carbocycles. The van der Waals surface area contributed by atoms with Crippen LogP contribution in [-0.2, 0) is 4.79 Å². The zero-order valence-corrected chi connectivity index (χ0v) is 11.2. The van der Waals surface area contributed by atoms with E-state index in [1.165, 1.54) is 18.6 Å². The minimum atomic E-state index is 0.168. The lowest BCUT2D eigenvalue weighted by Crippen LogP contribution is -2.13. The van der Waals surface area contributed by atoms with Gasteiger partial charge in [-0.15, -0.1) is 0 Å². The molecule has 2 aliphatic rings. The molecule has 0 amide bonds. The Morgan fingerprint density at radius 2 is 2.17 bits per heavy atom. The van der Waals surface area contributed by atoms with E-state index in [-0.39, 0.29) is 5.92 Å². The molecule has 1 saturated carbocycles. The fraction of sp³-hybridized carbons (Fsp3) is 0.769. The minimum absolute atomic E-state index is 0.168. The molecule has 1 saturated heterocycles. The van der Waals surface area contributed by atoms with E-state index in [9.17, 15) is 4.79 Å². The van der Waals surface area contributed by atoms with Gasteiger partial charge in [-0.2, -0.15) is 16.7 Å². The van der Waals surface area contributed by atoms with Crippen molar-refractivity contribution in [2.75, 3.05) is 5.75 Å². The SMILES string of the molecule is O=C1CCCC(c2nc(C3CCCCS3)no2)C1. The number of hydrogen-bond acceptors (Lipinski definition) is 5. The molecule has 2 fully saturated rings. The molecule has 1 aliphatic heterocycles. The third-order valence-electron chi connectivity index (χ3n) is 3.76. The van der Waals surface area contributed by atoms with E-state index >= 15 is 0 Å². The van der Waals surface area contributed by atoms with Crippen LogP contribution in [0.2, 0.25) is 0 Å². The first-order valence-electron chi connectivity index (χ1n) is 6.80. The Balaban J connectivity index is 1.70. The molecule has 1 aromatic heterocycles. The molecule has 2 heterocycles. The lowest BCUT2D eigenvalue weighted by atomic mass is 9.88. The van der Waals surface area contributed by atoms with Crippen LogP contribution in [0.3, 0.4) is 0 Å². The van der Waals surface area contributed by atoms with Gasteiger partial charge in [0.2, 0.25) is 5.89 Å². The molecule has 0 spiro atoms. The summed E-state index contributed by atoms with van der Waals surface area (Å²) in [5.41, 5.74) is 0. The second-order valence-electron chi connectivity index (χ2n) is 5.18. The van der Waals surface area contributed by atoms with Crippen molar-refractivity contribution in [1.82, 2.24) is 10.1 Å². The summed E-state index contributed by atoms with van der Waals surface area (Å²) in [7, 11) is 0. The van der Waals surface area contributed by atoms with Crippen molar-refractivity contribution in [1.29, 1.82) is 0 Å². The van der Waals surface area contributed by atoms with Gasteiger partial charge in [0.25, 0.3) is 0 Å². The summed E-state index contributed by atoms with van der Waals surface area (Å²) in [6.45, 7) is 0. The number of nitrogens with zero attached hydrogens (tertiary/aromatic N) is 2. The monoisotopic (exact) mass is 266 g/mol. The number of thioether (sulfide) groups is 1. The van der Waals surface area contributed by atoms with Crippen molar-refractivity contribution in [3.8, 4) is 0 Å². The molecule has 2 atom stereocenters. The summed E-state index contributed by atoms with van der Waals surface area (Å²) < 4.78 is 5.38. The van der Waals surface area contributed by atoms with E-state index < -0.39 is 0 Å². The van der Waals surface area contributed by atoms with E-state index in [0.717, 1.165) is 31.5 Å². The van der Waals surface area contributed by atoms with Crippen molar-refractivity contribution in [3.05, 3.63) is 11.7 Å². The minimum Gasteiger partial charge on any atom is -0.339 e. The zero-order valence-electron chi connectivity index (χ0n) is 10.4. The lowest BCUT2D eigenvalue weighted by Gasteiger charge is -2.18. The van der Waals surface area contributed by atoms with Gasteiger partial charge < -0.3 is 4.52 Å². The fourth-order valence-electron chi connectivity index (χ4n) is 2.72. The normalized spacial score (nSPS) is 29.4. The van der Waals surface area contributed by atoms with Crippen molar-refractivity contribution in [2.24, 2.45) is 0 Å². The van der Waals surface area contributed by atoms with Gasteiger partial charge in [0.1, 0.15) is 5.78 Å². The first-order valence-corrected chi connectivity index (χ1v) is 7.84. The van der Waals surface area contributed by atoms with Crippen LogP contribution in [0.25, 0.3) is 0 Å². The summed E-state index contributed by atoms with van der Waals surface area (Å²) in [6, 6.07) is 0. The standard InChI is InChI=1S/C13H18N2O2S/c16-10-5-3-4-9(8-10)13-14-12(15-17-13)11-6-1-2-7-18-11/h9,11H,1-8H2. The molecule has 1 aromatic rings. The van der Waals surface area contributed by atoms with E-state index in [1.807, 2.05) is 11.8 Å². The van der Waals surface area contributed by atoms with E-state index in [0.29, 0.717) is 23.3 Å². The summed E-state index contributed by atoms with van der Waals surface area (Å²) in [5.74, 6) is 3.22. The number of hydrogen-bond donors (Lipinski definition) is 0. The third-order valence-corrected chi connectivity index (χ3v) is 5.13. The molecular weight excluding hydrogens is 248 g/mol. The predicted molar refractivity (Wildman–Crippen MR) is 69.6 cm³/mol. The van der Waals surface area contributed by atoms with E-state index in [1.54, 1.807) is 0 Å². The van der Waals surface area contributed by atoms with Crippen LogP contribution in [-0.4, -0.2) is 21.7 Å². The molecule has 98 valence electrons. The lowest BCUT2D eigenvalue weighted by molar-refractivity contribution is -0.120. The first-order chi connectivity index (χ1) is 8.83. The predicted octanol–water partition coefficient (Wildman–Crippen LogP) is 3.25. The Bertz CT molecular complexity index is 426. The Morgan fingerprint density at radius 1 is 1.22 bits per heavy atom. The van der Waals surface area contributed by atoms with Gasteiger partial charge in [-0.3, -0.25) is 4.79 Å². The maximum atomic E-state index is 11.5. The van der Waals surface area contributed by atoms with Crippen LogP contribution in [0.5, 0.6) is 0 Å². The van der Waals surface area contributed by atoms with Crippen LogP contribution in [0.1, 0.15) is 67.8 Å². The molecule has 0 radical (unpaired) electrons. The van der Waals surface area contributed by atoms with Crippen LogP contribution >= 0.6 is 11.8 Å². The van der Waals surface area contributed by atoms with E-state index in [2.05, 4.69) is 10.1 Å². The second-order valence-corrected chi connectivity index (χ2v) is 6.49. The highest BCUT2D eigenvalue weighted by atomic mass is 32.2. The summed E-state index contributed by atoms with van der Waals surface area (Å²) >= 11 is 1.92. The number of carbonyl (C=O) groups is 1. The average molecular weight is 266 g/mol. The number of Topliss-reactive ketones (excluding diaryl/α,β-unsaturated/α-hetero) is 1. The molecule has 18 heavy (non-hydrogen) atoms. The van der Waals surface area contributed by atoms with Crippen molar-refractivity contribution in [3.63, 3.8) is 0 Å². The van der Waals surface area contributed by atoms with Crippen LogP contribution in [0, 0.1) is 0 Å². The van der Waals surface area contributed by atoms with Gasteiger partial charge in [0.05, 0.1) is 5.25 Å². The van der Waals surface area contributed by atoms with Crippen LogP contribution in [0.15, 0.2) is 4.52 Å². The second kappa shape index (κ2) is 5.43. The molecule has 0 bridgehead atoms. The quantitative estimate of drug-likeness (QED) is 0.822. The highest BCUT2D eigenvalue weighted by Crippen LogP contribution is 2.38. The fourth-order valence-corrected chi connectivity index (χ4v) is 3.96. The van der Waals surface area contributed by atoms with Crippen molar-refractivity contribution in [2.45, 2.75) is 56.1 Å². The van der Waals surface area contributed by atoms with Crippen LogP contribution < -0.4 is 0 Å². The molecule has 4 nitrogen and oxygen atoms in total. The Morgan fingerprint density at radius 3 is 2.94 bits per heavy atom. The summed E-state index contributed by atoms with van der Waals surface area (Å²) in [6.07, 6.45) is 6.96. The van der Waals surface area contributed by atoms with Gasteiger partial charge in [0.15, 0.2) is 5.82 Å². The molecular formula is C13H18N2O2S. The zero-order chi connectivity index (χ0) is 12.4. The summed E-state index contributed by atoms with van der Waals surface area (Å²) in [5, 5.41) is 4.52. The number of carbonyl (C=O) groups excluding carboxylic acids is 1. The van der Waals surface area contributed by atoms with Gasteiger partial charge in [0, 0.05) is 18.8 Å². The average Bonchev–Trinajstić information content (AvgIpc) is 2.89. The number of ketones is 1. The maximum absolute atomic E-state index is 11.5. The van der Waals surface area contributed by atoms with Gasteiger partial charge in [-0.05, 0) is 31.4 Å². The molecule has 1 aliphatic carbocycles. The first kappa shape index (κ1) is 12.2. The smallest absolute Gasteiger partial charge is 0.230 e. The molecule has 5 heteroatoms.